The second-order valence-corrected chi connectivity index (χ2v) is 3.11. The van der Waals surface area contributed by atoms with Crippen LogP contribution in [0, 0.1) is 0 Å². The molecule has 1 saturated heterocycles. The lowest BCUT2D eigenvalue weighted by Gasteiger charge is -1.96. The van der Waals surface area contributed by atoms with E-state index in [0.29, 0.717) is 24.7 Å². The molecule has 2 rings (SSSR count). The molecule has 1 unspecified atom stereocenters. The molecule has 1 fully saturated rings. The zero-order valence-corrected chi connectivity index (χ0v) is 7.41. The van der Waals surface area contributed by atoms with E-state index < -0.39 is 0 Å². The molecule has 1 aromatic heterocycles. The van der Waals surface area contributed by atoms with E-state index >= 15 is 0 Å². The average molecular weight is 181 g/mol. The number of aryl methyl sites for hydroxylation is 1. The lowest BCUT2D eigenvalue weighted by atomic mass is 10.1. The van der Waals surface area contributed by atoms with Gasteiger partial charge in [-0.25, -0.2) is 0 Å². The van der Waals surface area contributed by atoms with E-state index in [-0.39, 0.29) is 11.8 Å². The predicted molar refractivity (Wildman–Crippen MR) is 44.0 cm³/mol. The van der Waals surface area contributed by atoms with Crippen LogP contribution in [0.5, 0.6) is 0 Å². The lowest BCUT2D eigenvalue weighted by Crippen LogP contribution is -2.13. The van der Waals surface area contributed by atoms with Crippen molar-refractivity contribution in [1.82, 2.24) is 15.5 Å². The van der Waals surface area contributed by atoms with Crippen LogP contribution in [0.1, 0.15) is 31.0 Å². The average Bonchev–Trinajstić information content (AvgIpc) is 2.71. The number of hydrogen-bond acceptors (Lipinski definition) is 4. The maximum absolute atomic E-state index is 10.9. The Bertz CT molecular complexity index is 321. The molecule has 1 aliphatic heterocycles. The van der Waals surface area contributed by atoms with Crippen molar-refractivity contribution in [2.24, 2.45) is 0 Å². The third-order valence-electron chi connectivity index (χ3n) is 2.13. The van der Waals surface area contributed by atoms with E-state index in [4.69, 9.17) is 4.52 Å². The summed E-state index contributed by atoms with van der Waals surface area (Å²) in [5.74, 6) is 1.41. The van der Waals surface area contributed by atoms with E-state index in [2.05, 4.69) is 15.5 Å². The Hall–Kier alpha value is -1.39. The second-order valence-electron chi connectivity index (χ2n) is 3.11. The summed E-state index contributed by atoms with van der Waals surface area (Å²) in [5, 5.41) is 6.51. The molecule has 0 aliphatic carbocycles. The Labute approximate surface area is 75.5 Å². The number of hydrogen-bond donors (Lipinski definition) is 1. The summed E-state index contributed by atoms with van der Waals surface area (Å²) in [6.07, 6.45) is 1.23. The van der Waals surface area contributed by atoms with Gasteiger partial charge in [-0.05, 0) is 0 Å². The van der Waals surface area contributed by atoms with E-state index in [1.165, 1.54) is 0 Å². The largest absolute Gasteiger partial charge is 0.355 e. The molecule has 1 aromatic rings. The molecule has 70 valence electrons. The molecule has 0 aromatic carbocycles. The van der Waals surface area contributed by atoms with Crippen LogP contribution in [0.4, 0.5) is 0 Å². The summed E-state index contributed by atoms with van der Waals surface area (Å²) in [5.41, 5.74) is 0. The maximum Gasteiger partial charge on any atom is 0.232 e. The van der Waals surface area contributed by atoms with Crippen molar-refractivity contribution in [2.75, 3.05) is 6.54 Å². The summed E-state index contributed by atoms with van der Waals surface area (Å²) in [6, 6.07) is 0. The van der Waals surface area contributed by atoms with Gasteiger partial charge in [0.05, 0.1) is 5.92 Å². The Kier molecular flexibility index (Phi) is 2.00. The fourth-order valence-electron chi connectivity index (χ4n) is 1.36. The minimum atomic E-state index is 0.0567. The minimum absolute atomic E-state index is 0.0567. The highest BCUT2D eigenvalue weighted by Gasteiger charge is 2.27. The highest BCUT2D eigenvalue weighted by molar-refractivity contribution is 5.79. The van der Waals surface area contributed by atoms with Gasteiger partial charge in [-0.2, -0.15) is 4.98 Å². The molecule has 2 heterocycles. The summed E-state index contributed by atoms with van der Waals surface area (Å²) in [7, 11) is 0. The van der Waals surface area contributed by atoms with Crippen LogP contribution < -0.4 is 5.32 Å². The Morgan fingerprint density at radius 1 is 1.69 bits per heavy atom. The van der Waals surface area contributed by atoms with Crippen molar-refractivity contribution in [3.05, 3.63) is 11.7 Å². The minimum Gasteiger partial charge on any atom is -0.355 e. The van der Waals surface area contributed by atoms with Crippen molar-refractivity contribution >= 4 is 5.91 Å². The number of nitrogens with zero attached hydrogens (tertiary/aromatic N) is 2. The zero-order chi connectivity index (χ0) is 9.26. The fraction of sp³-hybridized carbons (Fsp3) is 0.625. The highest BCUT2D eigenvalue weighted by atomic mass is 16.5. The number of carbonyl (C=O) groups is 1. The number of carbonyl (C=O) groups excluding carboxylic acids is 1. The molecule has 0 spiro atoms. The van der Waals surface area contributed by atoms with Crippen molar-refractivity contribution in [2.45, 2.75) is 25.7 Å². The third-order valence-corrected chi connectivity index (χ3v) is 2.13. The third kappa shape index (κ3) is 1.54. The van der Waals surface area contributed by atoms with Crippen LogP contribution in [0.3, 0.4) is 0 Å². The SMILES string of the molecule is CCc1noc(C2CNC(=O)C2)n1. The highest BCUT2D eigenvalue weighted by Crippen LogP contribution is 2.20. The van der Waals surface area contributed by atoms with Gasteiger partial charge in [-0.1, -0.05) is 12.1 Å². The molecule has 1 aliphatic rings. The molecular weight excluding hydrogens is 170 g/mol. The van der Waals surface area contributed by atoms with E-state index in [1.54, 1.807) is 0 Å². The van der Waals surface area contributed by atoms with Gasteiger partial charge in [-0.3, -0.25) is 4.79 Å². The molecule has 0 radical (unpaired) electrons. The van der Waals surface area contributed by atoms with Crippen molar-refractivity contribution < 1.29 is 9.32 Å². The van der Waals surface area contributed by atoms with Gasteiger partial charge in [-0.15, -0.1) is 0 Å². The van der Waals surface area contributed by atoms with E-state index in [0.717, 1.165) is 6.42 Å². The molecule has 1 atom stereocenters. The van der Waals surface area contributed by atoms with Crippen molar-refractivity contribution in [3.8, 4) is 0 Å². The van der Waals surface area contributed by atoms with Gasteiger partial charge in [0.2, 0.25) is 11.8 Å². The van der Waals surface area contributed by atoms with Gasteiger partial charge >= 0.3 is 0 Å². The summed E-state index contributed by atoms with van der Waals surface area (Å²) < 4.78 is 5.03. The Balaban J connectivity index is 2.12. The molecule has 1 N–H and O–H groups in total. The standard InChI is InChI=1S/C8H11N3O2/c1-2-6-10-8(13-11-6)5-3-7(12)9-4-5/h5H,2-4H2,1H3,(H,9,12). The van der Waals surface area contributed by atoms with Gasteiger partial charge in [0.15, 0.2) is 5.82 Å². The predicted octanol–water partition coefficient (Wildman–Crippen LogP) is 0.236. The van der Waals surface area contributed by atoms with Crippen molar-refractivity contribution in [1.29, 1.82) is 0 Å². The molecule has 1 amide bonds. The Morgan fingerprint density at radius 2 is 2.54 bits per heavy atom. The quantitative estimate of drug-likeness (QED) is 0.709. The first-order chi connectivity index (χ1) is 6.29. The van der Waals surface area contributed by atoms with E-state index in [9.17, 15) is 4.79 Å². The summed E-state index contributed by atoms with van der Waals surface area (Å²) in [6.45, 7) is 2.58. The lowest BCUT2D eigenvalue weighted by molar-refractivity contribution is -0.119. The molecule has 5 heteroatoms. The van der Waals surface area contributed by atoms with Gasteiger partial charge in [0, 0.05) is 19.4 Å². The van der Waals surface area contributed by atoms with Crippen LogP contribution >= 0.6 is 0 Å². The zero-order valence-electron chi connectivity index (χ0n) is 7.41. The molecule has 0 saturated carbocycles. The van der Waals surface area contributed by atoms with E-state index in [1.807, 2.05) is 6.92 Å². The fourth-order valence-corrected chi connectivity index (χ4v) is 1.36. The van der Waals surface area contributed by atoms with Crippen LogP contribution in [-0.2, 0) is 11.2 Å². The van der Waals surface area contributed by atoms with Gasteiger partial charge in [0.1, 0.15) is 0 Å². The first-order valence-electron chi connectivity index (χ1n) is 4.38. The second kappa shape index (κ2) is 3.16. The number of nitrogens with one attached hydrogen (secondary N) is 1. The van der Waals surface area contributed by atoms with Crippen LogP contribution in [0.2, 0.25) is 0 Å². The van der Waals surface area contributed by atoms with Crippen LogP contribution in [-0.4, -0.2) is 22.6 Å². The molecule has 13 heavy (non-hydrogen) atoms. The van der Waals surface area contributed by atoms with Crippen LogP contribution in [0.15, 0.2) is 4.52 Å². The number of rotatable bonds is 2. The van der Waals surface area contributed by atoms with Gasteiger partial charge in [0.25, 0.3) is 0 Å². The number of amides is 1. The first kappa shape index (κ1) is 8.22. The van der Waals surface area contributed by atoms with Gasteiger partial charge < -0.3 is 9.84 Å². The summed E-state index contributed by atoms with van der Waals surface area (Å²) in [4.78, 5) is 15.1. The Morgan fingerprint density at radius 3 is 3.08 bits per heavy atom. The topological polar surface area (TPSA) is 68.0 Å². The van der Waals surface area contributed by atoms with Crippen LogP contribution in [0.25, 0.3) is 0 Å². The molecule has 0 bridgehead atoms. The molecular formula is C8H11N3O2. The summed E-state index contributed by atoms with van der Waals surface area (Å²) >= 11 is 0. The number of aromatic nitrogens is 2. The first-order valence-corrected chi connectivity index (χ1v) is 4.38. The maximum atomic E-state index is 10.9. The van der Waals surface area contributed by atoms with Crippen molar-refractivity contribution in [3.63, 3.8) is 0 Å². The normalized spacial score (nSPS) is 21.9. The smallest absolute Gasteiger partial charge is 0.232 e. The monoisotopic (exact) mass is 181 g/mol. The molecule has 5 nitrogen and oxygen atoms in total.